The van der Waals surface area contributed by atoms with E-state index >= 15 is 0 Å². The van der Waals surface area contributed by atoms with Gasteiger partial charge in [-0.15, -0.1) is 0 Å². The number of nitrogens with zero attached hydrogens (tertiary/aromatic N) is 1. The van der Waals surface area contributed by atoms with E-state index in [1.807, 2.05) is 54.6 Å². The summed E-state index contributed by atoms with van der Waals surface area (Å²) in [7, 11) is 0. The fourth-order valence-electron chi connectivity index (χ4n) is 1.56. The summed E-state index contributed by atoms with van der Waals surface area (Å²) in [6.07, 6.45) is 1.72. The Morgan fingerprint density at radius 1 is 1.10 bits per heavy atom. The van der Waals surface area contributed by atoms with Crippen molar-refractivity contribution < 1.29 is 0 Å². The predicted molar refractivity (Wildman–Crippen MR) is 90.8 cm³/mol. The molecule has 20 heavy (non-hydrogen) atoms. The summed E-state index contributed by atoms with van der Waals surface area (Å²) in [5, 5.41) is 7.70. The molecule has 0 atom stereocenters. The van der Waals surface area contributed by atoms with E-state index in [0.717, 1.165) is 10.0 Å². The Hall–Kier alpha value is -1.72. The number of rotatable bonds is 4. The first-order valence-electron chi connectivity index (χ1n) is 6.11. The standard InChI is InChI=1S/C15H14BrN3S/c16-14-9-5-4-8-13(14)11-18-19-15(20)17-10-12-6-2-1-3-7-12/h1-9,11H,10H2,(H2,17,19,20)/b18-11+. The van der Waals surface area contributed by atoms with Crippen LogP contribution in [0.4, 0.5) is 0 Å². The summed E-state index contributed by atoms with van der Waals surface area (Å²) in [5.41, 5.74) is 4.96. The van der Waals surface area contributed by atoms with Gasteiger partial charge in [-0.1, -0.05) is 64.5 Å². The van der Waals surface area contributed by atoms with E-state index in [2.05, 4.69) is 31.8 Å². The second kappa shape index (κ2) is 7.77. The second-order valence-electron chi connectivity index (χ2n) is 4.06. The molecule has 0 aliphatic heterocycles. The molecule has 102 valence electrons. The lowest BCUT2D eigenvalue weighted by molar-refractivity contribution is 0.869. The highest BCUT2D eigenvalue weighted by Crippen LogP contribution is 2.13. The summed E-state index contributed by atoms with van der Waals surface area (Å²) < 4.78 is 0.994. The predicted octanol–water partition coefficient (Wildman–Crippen LogP) is 3.45. The molecule has 2 rings (SSSR count). The maximum absolute atomic E-state index is 5.15. The molecule has 0 spiro atoms. The van der Waals surface area contributed by atoms with Crippen LogP contribution in [0.5, 0.6) is 0 Å². The fraction of sp³-hybridized carbons (Fsp3) is 0.0667. The van der Waals surface area contributed by atoms with Gasteiger partial charge in [0.05, 0.1) is 6.21 Å². The molecule has 0 aliphatic rings. The average Bonchev–Trinajstić information content (AvgIpc) is 2.48. The fourth-order valence-corrected chi connectivity index (χ4v) is 2.07. The van der Waals surface area contributed by atoms with E-state index in [4.69, 9.17) is 12.2 Å². The molecule has 0 saturated heterocycles. The van der Waals surface area contributed by atoms with Gasteiger partial charge < -0.3 is 5.32 Å². The van der Waals surface area contributed by atoms with Crippen molar-refractivity contribution in [3.63, 3.8) is 0 Å². The van der Waals surface area contributed by atoms with Crippen molar-refractivity contribution in [1.29, 1.82) is 0 Å². The Bertz CT molecular complexity index is 599. The van der Waals surface area contributed by atoms with Gasteiger partial charge in [0.2, 0.25) is 0 Å². The second-order valence-corrected chi connectivity index (χ2v) is 5.32. The normalized spacial score (nSPS) is 10.4. The summed E-state index contributed by atoms with van der Waals surface area (Å²) in [6, 6.07) is 17.9. The van der Waals surface area contributed by atoms with Gasteiger partial charge in [0.15, 0.2) is 5.11 Å². The van der Waals surface area contributed by atoms with Gasteiger partial charge in [-0.2, -0.15) is 5.10 Å². The van der Waals surface area contributed by atoms with Gasteiger partial charge in [0.1, 0.15) is 0 Å². The van der Waals surface area contributed by atoms with Crippen LogP contribution in [0.15, 0.2) is 64.2 Å². The van der Waals surface area contributed by atoms with Crippen molar-refractivity contribution >= 4 is 39.5 Å². The van der Waals surface area contributed by atoms with Gasteiger partial charge in [-0.3, -0.25) is 5.43 Å². The number of halogens is 1. The van der Waals surface area contributed by atoms with Crippen LogP contribution in [0, 0.1) is 0 Å². The SMILES string of the molecule is S=C(NCc1ccccc1)N/N=C/c1ccccc1Br. The first-order valence-corrected chi connectivity index (χ1v) is 7.31. The number of thiocarbonyl (C=S) groups is 1. The van der Waals surface area contributed by atoms with E-state index in [0.29, 0.717) is 11.7 Å². The third kappa shape index (κ3) is 4.75. The van der Waals surface area contributed by atoms with Gasteiger partial charge in [0.25, 0.3) is 0 Å². The van der Waals surface area contributed by atoms with Crippen molar-refractivity contribution in [3.05, 3.63) is 70.2 Å². The van der Waals surface area contributed by atoms with Gasteiger partial charge in [-0.05, 0) is 23.8 Å². The van der Waals surface area contributed by atoms with Crippen molar-refractivity contribution in [3.8, 4) is 0 Å². The molecular formula is C15H14BrN3S. The van der Waals surface area contributed by atoms with E-state index in [1.165, 1.54) is 5.56 Å². The Kier molecular flexibility index (Phi) is 5.70. The van der Waals surface area contributed by atoms with Crippen molar-refractivity contribution in [1.82, 2.24) is 10.7 Å². The Morgan fingerprint density at radius 3 is 2.55 bits per heavy atom. The van der Waals surface area contributed by atoms with Gasteiger partial charge in [0, 0.05) is 16.6 Å². The zero-order chi connectivity index (χ0) is 14.2. The first-order chi connectivity index (χ1) is 9.75. The molecule has 0 amide bonds. The molecule has 3 nitrogen and oxygen atoms in total. The van der Waals surface area contributed by atoms with Crippen molar-refractivity contribution in [2.24, 2.45) is 5.10 Å². The van der Waals surface area contributed by atoms with Crippen LogP contribution >= 0.6 is 28.1 Å². The molecule has 2 N–H and O–H groups in total. The molecule has 0 aliphatic carbocycles. The topological polar surface area (TPSA) is 36.4 Å². The van der Waals surface area contributed by atoms with E-state index in [1.54, 1.807) is 6.21 Å². The molecule has 0 bridgehead atoms. The zero-order valence-electron chi connectivity index (χ0n) is 10.7. The van der Waals surface area contributed by atoms with Crippen LogP contribution in [0.3, 0.4) is 0 Å². The monoisotopic (exact) mass is 347 g/mol. The van der Waals surface area contributed by atoms with Gasteiger partial charge >= 0.3 is 0 Å². The molecular weight excluding hydrogens is 334 g/mol. The van der Waals surface area contributed by atoms with Crippen LogP contribution in [-0.4, -0.2) is 11.3 Å². The minimum absolute atomic E-state index is 0.497. The van der Waals surface area contributed by atoms with Crippen LogP contribution in [-0.2, 0) is 6.54 Å². The third-order valence-corrected chi connectivity index (χ3v) is 3.53. The highest BCUT2D eigenvalue weighted by molar-refractivity contribution is 9.10. The highest BCUT2D eigenvalue weighted by Gasteiger charge is 1.96. The molecule has 0 fully saturated rings. The Balaban J connectivity index is 1.79. The third-order valence-electron chi connectivity index (χ3n) is 2.57. The Morgan fingerprint density at radius 2 is 1.80 bits per heavy atom. The van der Waals surface area contributed by atoms with Crippen LogP contribution in [0.25, 0.3) is 0 Å². The molecule has 0 radical (unpaired) electrons. The summed E-state index contributed by atoms with van der Waals surface area (Å²) in [5.74, 6) is 0. The largest absolute Gasteiger partial charge is 0.357 e. The summed E-state index contributed by atoms with van der Waals surface area (Å²) >= 11 is 8.61. The maximum atomic E-state index is 5.15. The van der Waals surface area contributed by atoms with E-state index in [-0.39, 0.29) is 0 Å². The summed E-state index contributed by atoms with van der Waals surface area (Å²) in [4.78, 5) is 0. The quantitative estimate of drug-likeness (QED) is 0.505. The minimum Gasteiger partial charge on any atom is -0.357 e. The smallest absolute Gasteiger partial charge is 0.187 e. The summed E-state index contributed by atoms with van der Waals surface area (Å²) in [6.45, 7) is 0.678. The molecule has 5 heteroatoms. The van der Waals surface area contributed by atoms with E-state index < -0.39 is 0 Å². The average molecular weight is 348 g/mol. The molecule has 2 aromatic rings. The number of hydrogen-bond acceptors (Lipinski definition) is 2. The molecule has 0 aromatic heterocycles. The highest BCUT2D eigenvalue weighted by atomic mass is 79.9. The molecule has 2 aromatic carbocycles. The molecule has 0 heterocycles. The van der Waals surface area contributed by atoms with Crippen LogP contribution < -0.4 is 10.7 Å². The number of hydrogen-bond donors (Lipinski definition) is 2. The number of benzene rings is 2. The van der Waals surface area contributed by atoms with Crippen LogP contribution in [0.1, 0.15) is 11.1 Å². The first kappa shape index (κ1) is 14.7. The van der Waals surface area contributed by atoms with E-state index in [9.17, 15) is 0 Å². The number of hydrazone groups is 1. The lowest BCUT2D eigenvalue weighted by Crippen LogP contribution is -2.31. The lowest BCUT2D eigenvalue weighted by Gasteiger charge is -2.06. The minimum atomic E-state index is 0.497. The van der Waals surface area contributed by atoms with Crippen molar-refractivity contribution in [2.45, 2.75) is 6.54 Å². The van der Waals surface area contributed by atoms with Crippen molar-refractivity contribution in [2.75, 3.05) is 0 Å². The lowest BCUT2D eigenvalue weighted by atomic mass is 10.2. The molecule has 0 saturated carbocycles. The Labute approximate surface area is 132 Å². The maximum Gasteiger partial charge on any atom is 0.187 e. The molecule has 0 unspecified atom stereocenters. The zero-order valence-corrected chi connectivity index (χ0v) is 13.1. The van der Waals surface area contributed by atoms with Gasteiger partial charge in [-0.25, -0.2) is 0 Å². The number of nitrogens with one attached hydrogen (secondary N) is 2. The van der Waals surface area contributed by atoms with Crippen LogP contribution in [0.2, 0.25) is 0 Å².